The van der Waals surface area contributed by atoms with Gasteiger partial charge in [-0.15, -0.1) is 0 Å². The fourth-order valence-corrected chi connectivity index (χ4v) is 2.43. The number of oxime groups is 1. The highest BCUT2D eigenvalue weighted by Crippen LogP contribution is 2.20. The molecule has 0 aliphatic heterocycles. The summed E-state index contributed by atoms with van der Waals surface area (Å²) in [6.45, 7) is 1.87. The number of rotatable bonds is 6. The number of hydrogen-bond acceptors (Lipinski definition) is 4. The number of hydrogen-bond donors (Lipinski definition) is 3. The Morgan fingerprint density at radius 1 is 1.69 bits per heavy atom. The zero-order valence-corrected chi connectivity index (χ0v) is 10.2. The van der Waals surface area contributed by atoms with E-state index in [2.05, 4.69) is 9.88 Å². The Kier molecular flexibility index (Phi) is 4.11. The second-order valence-corrected chi connectivity index (χ2v) is 5.91. The monoisotopic (exact) mass is 250 g/mol. The average Bonchev–Trinajstić information content (AvgIpc) is 2.99. The van der Waals surface area contributed by atoms with Gasteiger partial charge in [0.15, 0.2) is 0 Å². The van der Waals surface area contributed by atoms with Crippen molar-refractivity contribution in [3.05, 3.63) is 0 Å². The molecule has 94 valence electrons. The normalized spacial score (nSPS) is 20.1. The van der Waals surface area contributed by atoms with Crippen LogP contribution in [0.25, 0.3) is 0 Å². The van der Waals surface area contributed by atoms with Gasteiger partial charge in [0.05, 0.1) is 0 Å². The molecule has 1 aliphatic rings. The molecule has 0 aromatic rings. The van der Waals surface area contributed by atoms with E-state index in [-0.39, 0.29) is 24.3 Å². The van der Waals surface area contributed by atoms with Crippen LogP contribution < -0.4 is 10.5 Å². The first-order valence-electron chi connectivity index (χ1n) is 5.08. The summed E-state index contributed by atoms with van der Waals surface area (Å²) in [6, 6.07) is 0.0756. The Hall–Kier alpha value is -0.860. The van der Waals surface area contributed by atoms with Crippen molar-refractivity contribution in [1.29, 1.82) is 0 Å². The Labute approximate surface area is 95.5 Å². The molecule has 0 saturated heterocycles. The van der Waals surface area contributed by atoms with Crippen molar-refractivity contribution in [1.82, 2.24) is 9.03 Å². The second kappa shape index (κ2) is 4.98. The van der Waals surface area contributed by atoms with E-state index in [1.165, 1.54) is 11.4 Å². The predicted molar refractivity (Wildman–Crippen MR) is 60.3 cm³/mol. The van der Waals surface area contributed by atoms with Crippen LogP contribution >= 0.6 is 0 Å². The van der Waals surface area contributed by atoms with Crippen LogP contribution in [-0.2, 0) is 10.2 Å². The molecule has 4 N–H and O–H groups in total. The molecule has 16 heavy (non-hydrogen) atoms. The largest absolute Gasteiger partial charge is 0.409 e. The van der Waals surface area contributed by atoms with E-state index in [1.807, 2.05) is 0 Å². The van der Waals surface area contributed by atoms with E-state index in [4.69, 9.17) is 10.9 Å². The lowest BCUT2D eigenvalue weighted by Crippen LogP contribution is -2.43. The summed E-state index contributed by atoms with van der Waals surface area (Å²) in [6.07, 6.45) is 1.78. The van der Waals surface area contributed by atoms with Gasteiger partial charge in [-0.05, 0) is 12.8 Å². The van der Waals surface area contributed by atoms with Crippen molar-refractivity contribution in [2.45, 2.75) is 25.8 Å². The summed E-state index contributed by atoms with van der Waals surface area (Å²) in [7, 11) is -1.98. The van der Waals surface area contributed by atoms with Crippen LogP contribution in [0.5, 0.6) is 0 Å². The molecule has 0 spiro atoms. The van der Waals surface area contributed by atoms with Gasteiger partial charge in [-0.3, -0.25) is 0 Å². The minimum atomic E-state index is -3.44. The van der Waals surface area contributed by atoms with Gasteiger partial charge in [0.25, 0.3) is 10.2 Å². The molecule has 1 atom stereocenters. The van der Waals surface area contributed by atoms with Gasteiger partial charge in [0.1, 0.15) is 5.84 Å². The van der Waals surface area contributed by atoms with Crippen LogP contribution in [0.2, 0.25) is 0 Å². The van der Waals surface area contributed by atoms with Crippen LogP contribution in [0.1, 0.15) is 19.8 Å². The minimum Gasteiger partial charge on any atom is -0.409 e. The average molecular weight is 250 g/mol. The molecular formula is C8H18N4O3S. The summed E-state index contributed by atoms with van der Waals surface area (Å²) in [5, 5.41) is 11.3. The molecule has 0 heterocycles. The molecule has 1 fully saturated rings. The molecule has 0 radical (unpaired) electrons. The van der Waals surface area contributed by atoms with E-state index in [9.17, 15) is 8.42 Å². The van der Waals surface area contributed by atoms with E-state index in [0.717, 1.165) is 12.8 Å². The number of nitrogens with zero attached hydrogens (tertiary/aromatic N) is 2. The Balaban J connectivity index is 2.53. The molecule has 1 aliphatic carbocycles. The van der Waals surface area contributed by atoms with Crippen LogP contribution in [-0.4, -0.2) is 43.4 Å². The smallest absolute Gasteiger partial charge is 0.279 e. The third-order valence-corrected chi connectivity index (χ3v) is 4.06. The van der Waals surface area contributed by atoms with Crippen LogP contribution in [0.15, 0.2) is 5.16 Å². The molecule has 1 rings (SSSR count). The third-order valence-electron chi connectivity index (χ3n) is 2.45. The maximum Gasteiger partial charge on any atom is 0.279 e. The van der Waals surface area contributed by atoms with Gasteiger partial charge in [-0.25, -0.2) is 0 Å². The molecule has 0 aromatic carbocycles. The minimum absolute atomic E-state index is 0.0217. The van der Waals surface area contributed by atoms with E-state index >= 15 is 0 Å². The Morgan fingerprint density at radius 3 is 2.69 bits per heavy atom. The lowest BCUT2D eigenvalue weighted by molar-refractivity contribution is 0.312. The van der Waals surface area contributed by atoms with Gasteiger partial charge in [-0.1, -0.05) is 12.1 Å². The SMILES string of the molecule is CC(CN(C)S(=O)(=O)NC1CC1)C(N)=NO. The number of nitrogens with one attached hydrogen (secondary N) is 1. The van der Waals surface area contributed by atoms with Gasteiger partial charge in [0.2, 0.25) is 0 Å². The highest BCUT2D eigenvalue weighted by Gasteiger charge is 2.30. The number of nitrogens with two attached hydrogens (primary N) is 1. The maximum atomic E-state index is 11.7. The first-order chi connectivity index (χ1) is 7.36. The van der Waals surface area contributed by atoms with Crippen LogP contribution in [0.4, 0.5) is 0 Å². The maximum absolute atomic E-state index is 11.7. The zero-order valence-electron chi connectivity index (χ0n) is 9.42. The van der Waals surface area contributed by atoms with Gasteiger partial charge in [-0.2, -0.15) is 17.4 Å². The van der Waals surface area contributed by atoms with Crippen molar-refractivity contribution in [3.8, 4) is 0 Å². The van der Waals surface area contributed by atoms with Crippen molar-refractivity contribution in [2.75, 3.05) is 13.6 Å². The van der Waals surface area contributed by atoms with Gasteiger partial charge < -0.3 is 10.9 Å². The van der Waals surface area contributed by atoms with Crippen molar-refractivity contribution in [2.24, 2.45) is 16.8 Å². The first-order valence-corrected chi connectivity index (χ1v) is 6.52. The van der Waals surface area contributed by atoms with Gasteiger partial charge >= 0.3 is 0 Å². The summed E-state index contributed by atoms with van der Waals surface area (Å²) in [4.78, 5) is 0. The van der Waals surface area contributed by atoms with Crippen molar-refractivity contribution < 1.29 is 13.6 Å². The summed E-state index contributed by atoms with van der Waals surface area (Å²) >= 11 is 0. The number of amidine groups is 1. The molecule has 8 heteroatoms. The van der Waals surface area contributed by atoms with E-state index < -0.39 is 10.2 Å². The molecule has 1 saturated carbocycles. The molecule has 7 nitrogen and oxygen atoms in total. The van der Waals surface area contributed by atoms with E-state index in [0.29, 0.717) is 0 Å². The molecular weight excluding hydrogens is 232 g/mol. The highest BCUT2D eigenvalue weighted by molar-refractivity contribution is 7.87. The standard InChI is InChI=1S/C8H18N4O3S/c1-6(8(9)10-13)5-12(2)16(14,15)11-7-3-4-7/h6-7,11,13H,3-5H2,1-2H3,(H2,9,10). The zero-order chi connectivity index (χ0) is 12.3. The van der Waals surface area contributed by atoms with Crippen LogP contribution in [0.3, 0.4) is 0 Å². The second-order valence-electron chi connectivity index (χ2n) is 4.10. The van der Waals surface area contributed by atoms with Crippen molar-refractivity contribution in [3.63, 3.8) is 0 Å². The lowest BCUT2D eigenvalue weighted by atomic mass is 10.2. The van der Waals surface area contributed by atoms with E-state index in [1.54, 1.807) is 6.92 Å². The molecule has 0 bridgehead atoms. The predicted octanol–water partition coefficient (Wildman–Crippen LogP) is -0.702. The highest BCUT2D eigenvalue weighted by atomic mass is 32.2. The van der Waals surface area contributed by atoms with Crippen LogP contribution in [0, 0.1) is 5.92 Å². The third kappa shape index (κ3) is 3.62. The molecule has 0 aromatic heterocycles. The van der Waals surface area contributed by atoms with Gasteiger partial charge in [0, 0.05) is 25.6 Å². The fourth-order valence-electron chi connectivity index (χ4n) is 1.18. The fraction of sp³-hybridized carbons (Fsp3) is 0.875. The summed E-state index contributed by atoms with van der Waals surface area (Å²) in [5.74, 6) is -0.306. The molecule has 1 unspecified atom stereocenters. The lowest BCUT2D eigenvalue weighted by Gasteiger charge is -2.20. The topological polar surface area (TPSA) is 108 Å². The quantitative estimate of drug-likeness (QED) is 0.250. The first kappa shape index (κ1) is 13.2. The Morgan fingerprint density at radius 2 is 2.25 bits per heavy atom. The molecule has 0 amide bonds. The van der Waals surface area contributed by atoms with Crippen molar-refractivity contribution >= 4 is 16.0 Å². The summed E-state index contributed by atoms with van der Waals surface area (Å²) in [5.41, 5.74) is 5.38. The Bertz CT molecular complexity index is 363. The summed E-state index contributed by atoms with van der Waals surface area (Å²) < 4.78 is 27.1.